The minimum absolute atomic E-state index is 0.591. The fourth-order valence-electron chi connectivity index (χ4n) is 5.27. The minimum Gasteiger partial charge on any atom is -0.281 e. The van der Waals surface area contributed by atoms with Crippen LogP contribution in [0.4, 0.5) is 0 Å². The van der Waals surface area contributed by atoms with Crippen LogP contribution in [0.1, 0.15) is 17.4 Å². The summed E-state index contributed by atoms with van der Waals surface area (Å²) in [4.78, 5) is 15.8. The summed E-state index contributed by atoms with van der Waals surface area (Å²) < 4.78 is 2.14. The lowest BCUT2D eigenvalue weighted by molar-refractivity contribution is 0.572. The van der Waals surface area contributed by atoms with Crippen molar-refractivity contribution in [2.24, 2.45) is 9.98 Å². The molecular formula is C36H25ClN4. The van der Waals surface area contributed by atoms with Gasteiger partial charge in [0.1, 0.15) is 5.82 Å². The molecule has 0 fully saturated rings. The van der Waals surface area contributed by atoms with Crippen LogP contribution in [0.5, 0.6) is 0 Å². The summed E-state index contributed by atoms with van der Waals surface area (Å²) in [5, 5.41) is 0.621. The number of halogens is 1. The van der Waals surface area contributed by atoms with Crippen LogP contribution < -0.4 is 0 Å². The normalized spacial score (nSPS) is 13.2. The summed E-state index contributed by atoms with van der Waals surface area (Å²) in [5.41, 5.74) is 8.38. The van der Waals surface area contributed by atoms with Gasteiger partial charge in [-0.15, -0.1) is 0 Å². The molecule has 0 spiro atoms. The first kappa shape index (κ1) is 24.9. The molecule has 0 amide bonds. The molecule has 7 rings (SSSR count). The molecule has 196 valence electrons. The molecule has 5 heteroatoms. The van der Waals surface area contributed by atoms with Gasteiger partial charge in [0.2, 0.25) is 6.29 Å². The maximum absolute atomic E-state index is 6.82. The second kappa shape index (κ2) is 10.8. The zero-order valence-corrected chi connectivity index (χ0v) is 22.9. The first-order valence-corrected chi connectivity index (χ1v) is 13.9. The molecule has 0 N–H and O–H groups in total. The highest BCUT2D eigenvalue weighted by Crippen LogP contribution is 2.42. The molecule has 5 aromatic carbocycles. The van der Waals surface area contributed by atoms with Gasteiger partial charge in [-0.05, 0) is 12.1 Å². The van der Waals surface area contributed by atoms with Crippen molar-refractivity contribution in [3.05, 3.63) is 162 Å². The summed E-state index contributed by atoms with van der Waals surface area (Å²) in [7, 11) is 0. The van der Waals surface area contributed by atoms with Gasteiger partial charge in [0.15, 0.2) is 0 Å². The molecule has 1 aromatic heterocycles. The van der Waals surface area contributed by atoms with Crippen molar-refractivity contribution < 1.29 is 0 Å². The van der Waals surface area contributed by atoms with Crippen LogP contribution in [-0.2, 0) is 0 Å². The van der Waals surface area contributed by atoms with Gasteiger partial charge in [-0.3, -0.25) is 4.57 Å². The molecule has 2 heterocycles. The second-order valence-corrected chi connectivity index (χ2v) is 10.2. The molecule has 1 aliphatic rings. The Hall–Kier alpha value is -5.06. The third-order valence-corrected chi connectivity index (χ3v) is 7.49. The summed E-state index contributed by atoms with van der Waals surface area (Å²) in [6.45, 7) is 0. The molecule has 0 atom stereocenters. The van der Waals surface area contributed by atoms with E-state index in [2.05, 4.69) is 53.1 Å². The Bertz CT molecular complexity index is 1820. The van der Waals surface area contributed by atoms with Crippen molar-refractivity contribution in [2.75, 3.05) is 0 Å². The zero-order valence-electron chi connectivity index (χ0n) is 22.1. The van der Waals surface area contributed by atoms with Gasteiger partial charge >= 0.3 is 0 Å². The van der Waals surface area contributed by atoms with Crippen LogP contribution in [0.2, 0.25) is 5.02 Å². The van der Waals surface area contributed by atoms with Crippen LogP contribution >= 0.6 is 11.6 Å². The molecule has 0 aliphatic carbocycles. The van der Waals surface area contributed by atoms with Gasteiger partial charge in [-0.1, -0.05) is 145 Å². The van der Waals surface area contributed by atoms with E-state index in [9.17, 15) is 0 Å². The molecule has 1 aliphatic heterocycles. The molecular weight excluding hydrogens is 524 g/mol. The van der Waals surface area contributed by atoms with Crippen molar-refractivity contribution in [1.82, 2.24) is 9.55 Å². The third kappa shape index (κ3) is 4.69. The van der Waals surface area contributed by atoms with Crippen LogP contribution in [0, 0.1) is 0 Å². The van der Waals surface area contributed by atoms with E-state index in [1.165, 1.54) is 0 Å². The molecule has 6 aromatic rings. The Morgan fingerprint density at radius 3 is 1.44 bits per heavy atom. The molecule has 0 bridgehead atoms. The van der Waals surface area contributed by atoms with E-state index in [1.54, 1.807) is 0 Å². The Morgan fingerprint density at radius 2 is 0.927 bits per heavy atom. The van der Waals surface area contributed by atoms with Gasteiger partial charge in [0.25, 0.3) is 0 Å². The molecule has 41 heavy (non-hydrogen) atoms. The third-order valence-electron chi connectivity index (χ3n) is 7.16. The highest BCUT2D eigenvalue weighted by molar-refractivity contribution is 6.54. The van der Waals surface area contributed by atoms with Crippen LogP contribution in [0.15, 0.2) is 156 Å². The van der Waals surface area contributed by atoms with E-state index in [4.69, 9.17) is 26.6 Å². The van der Waals surface area contributed by atoms with Crippen LogP contribution in [0.3, 0.4) is 0 Å². The van der Waals surface area contributed by atoms with Crippen LogP contribution in [-0.4, -0.2) is 21.0 Å². The van der Waals surface area contributed by atoms with Crippen molar-refractivity contribution >= 4 is 23.0 Å². The largest absolute Gasteiger partial charge is 0.281 e. The Morgan fingerprint density at radius 1 is 0.488 bits per heavy atom. The highest BCUT2D eigenvalue weighted by Gasteiger charge is 2.31. The SMILES string of the molecule is Clc1ccccc1-c1nc(-c2ccccc2)c(-c2ccccc2)n1C1N=C(c2ccccc2)C(c2ccccc2)=N1. The standard InChI is InChI=1S/C36H25ClN4/c37-30-24-14-13-23-29(30)35-38-33(27-19-9-3-10-20-27)34(28-21-11-4-12-22-28)41(35)36-39-31(25-15-5-1-6-16-25)32(40-36)26-17-7-2-8-18-26/h1-24,36H. The molecule has 0 saturated heterocycles. The molecule has 0 radical (unpaired) electrons. The van der Waals surface area contributed by atoms with Gasteiger partial charge < -0.3 is 0 Å². The van der Waals surface area contributed by atoms with Crippen molar-refractivity contribution in [3.63, 3.8) is 0 Å². The number of hydrogen-bond donors (Lipinski definition) is 0. The Kier molecular flexibility index (Phi) is 6.59. The number of aliphatic imine (C=N–C) groups is 2. The number of aromatic nitrogens is 2. The van der Waals surface area contributed by atoms with Gasteiger partial charge in [0, 0.05) is 27.8 Å². The predicted octanol–water partition coefficient (Wildman–Crippen LogP) is 8.99. The Labute approximate surface area is 244 Å². The summed E-state index contributed by atoms with van der Waals surface area (Å²) in [6, 6.07) is 48.9. The summed E-state index contributed by atoms with van der Waals surface area (Å²) in [6.07, 6.45) is -0.591. The predicted molar refractivity (Wildman–Crippen MR) is 169 cm³/mol. The average Bonchev–Trinajstić information content (AvgIpc) is 3.66. The number of benzene rings is 5. The maximum Gasteiger partial charge on any atom is 0.223 e. The summed E-state index contributed by atoms with van der Waals surface area (Å²) >= 11 is 6.82. The topological polar surface area (TPSA) is 42.5 Å². The van der Waals surface area contributed by atoms with Crippen molar-refractivity contribution in [2.45, 2.75) is 6.29 Å². The van der Waals surface area contributed by atoms with Gasteiger partial charge in [0.05, 0.1) is 27.8 Å². The molecule has 0 unspecified atom stereocenters. The van der Waals surface area contributed by atoms with E-state index in [1.807, 2.05) is 97.1 Å². The Balaban J connectivity index is 1.55. The first-order chi connectivity index (χ1) is 20.3. The molecule has 0 saturated carbocycles. The van der Waals surface area contributed by atoms with E-state index in [0.717, 1.165) is 50.6 Å². The highest BCUT2D eigenvalue weighted by atomic mass is 35.5. The quantitative estimate of drug-likeness (QED) is 0.205. The van der Waals surface area contributed by atoms with E-state index in [0.29, 0.717) is 10.8 Å². The smallest absolute Gasteiger partial charge is 0.223 e. The first-order valence-electron chi connectivity index (χ1n) is 13.5. The average molecular weight is 549 g/mol. The zero-order chi connectivity index (χ0) is 27.6. The van der Waals surface area contributed by atoms with E-state index < -0.39 is 6.29 Å². The lowest BCUT2D eigenvalue weighted by Gasteiger charge is -2.16. The fourth-order valence-corrected chi connectivity index (χ4v) is 5.49. The minimum atomic E-state index is -0.591. The summed E-state index contributed by atoms with van der Waals surface area (Å²) in [5.74, 6) is 0.715. The monoisotopic (exact) mass is 548 g/mol. The lowest BCUT2D eigenvalue weighted by atomic mass is 10.0. The fraction of sp³-hybridized carbons (Fsp3) is 0.0278. The van der Waals surface area contributed by atoms with Gasteiger partial charge in [-0.25, -0.2) is 15.0 Å². The number of rotatable bonds is 6. The number of nitrogens with zero attached hydrogens (tertiary/aromatic N) is 4. The number of imidazole rings is 1. The maximum atomic E-state index is 6.82. The van der Waals surface area contributed by atoms with E-state index >= 15 is 0 Å². The lowest BCUT2D eigenvalue weighted by Crippen LogP contribution is -2.13. The van der Waals surface area contributed by atoms with Gasteiger partial charge in [-0.2, -0.15) is 0 Å². The molecule has 4 nitrogen and oxygen atoms in total. The second-order valence-electron chi connectivity index (χ2n) is 9.75. The number of hydrogen-bond acceptors (Lipinski definition) is 3. The van der Waals surface area contributed by atoms with E-state index in [-0.39, 0.29) is 0 Å². The van der Waals surface area contributed by atoms with Crippen molar-refractivity contribution in [3.8, 4) is 33.9 Å². The van der Waals surface area contributed by atoms with Crippen molar-refractivity contribution in [1.29, 1.82) is 0 Å². The van der Waals surface area contributed by atoms with Crippen LogP contribution in [0.25, 0.3) is 33.9 Å².